The van der Waals surface area contributed by atoms with E-state index >= 15 is 0 Å². The van der Waals surface area contributed by atoms with E-state index in [1.165, 1.54) is 6.29 Å². The Morgan fingerprint density at radius 3 is 2.29 bits per heavy atom. The number of carbonyl (C=O) groups is 3. The second-order valence-electron chi connectivity index (χ2n) is 10.5. The highest BCUT2D eigenvalue weighted by molar-refractivity contribution is 5.94. The van der Waals surface area contributed by atoms with Crippen molar-refractivity contribution in [3.05, 3.63) is 0 Å². The van der Waals surface area contributed by atoms with Crippen molar-refractivity contribution in [2.45, 2.75) is 67.1 Å². The van der Waals surface area contributed by atoms with Gasteiger partial charge in [0.05, 0.1) is 39.0 Å². The van der Waals surface area contributed by atoms with E-state index in [1.807, 2.05) is 0 Å². The molecule has 0 saturated carbocycles. The summed E-state index contributed by atoms with van der Waals surface area (Å²) in [6.07, 6.45) is -9.95. The first-order chi connectivity index (χ1) is 21.3. The maximum absolute atomic E-state index is 13.5. The number of nitrogens with two attached hydrogens (primary N) is 1. The number of rotatable bonds is 14. The van der Waals surface area contributed by atoms with E-state index in [0.717, 1.165) is 9.80 Å². The molecule has 0 aromatic heterocycles. The van der Waals surface area contributed by atoms with Gasteiger partial charge in [-0.25, -0.2) is 0 Å². The second-order valence-corrected chi connectivity index (χ2v) is 10.5. The first kappa shape index (κ1) is 35.7. The quantitative estimate of drug-likeness (QED) is 0.0831. The minimum absolute atomic E-state index is 0.00319. The van der Waals surface area contributed by atoms with Crippen LogP contribution >= 0.6 is 0 Å². The molecule has 0 aromatic rings. The molecule has 0 bridgehead atoms. The van der Waals surface area contributed by atoms with Crippen molar-refractivity contribution in [2.75, 3.05) is 39.5 Å². The van der Waals surface area contributed by atoms with Gasteiger partial charge in [-0.05, 0) is 0 Å². The lowest BCUT2D eigenvalue weighted by atomic mass is 9.95. The average Bonchev–Trinajstić information content (AvgIpc) is 3.63. The molecule has 11 atom stereocenters. The van der Waals surface area contributed by atoms with Gasteiger partial charge >= 0.3 is 0 Å². The number of nitrogens with one attached hydrogen (secondary N) is 7. The third kappa shape index (κ3) is 7.74. The van der Waals surface area contributed by atoms with Crippen molar-refractivity contribution >= 4 is 35.9 Å². The summed E-state index contributed by atoms with van der Waals surface area (Å²) in [6.45, 7) is -3.60. The molecule has 16 N–H and O–H groups in total. The summed E-state index contributed by atoms with van der Waals surface area (Å²) in [5.41, 5.74) is 5.56. The van der Waals surface area contributed by atoms with Crippen LogP contribution in [0.1, 0.15) is 0 Å². The van der Waals surface area contributed by atoms with E-state index in [0.29, 0.717) is 0 Å². The Morgan fingerprint density at radius 1 is 1.04 bits per heavy atom. The number of amides is 3. The van der Waals surface area contributed by atoms with Crippen LogP contribution in [0, 0.1) is 10.8 Å². The molecule has 3 saturated heterocycles. The zero-order valence-corrected chi connectivity index (χ0v) is 23.7. The minimum Gasteiger partial charge on any atom is -0.394 e. The first-order valence-corrected chi connectivity index (χ1v) is 13.7. The van der Waals surface area contributed by atoms with Crippen molar-refractivity contribution in [1.82, 2.24) is 36.4 Å². The molecule has 45 heavy (non-hydrogen) atoms. The molecule has 3 rings (SSSR count). The third-order valence-electron chi connectivity index (χ3n) is 7.56. The maximum Gasteiger partial charge on any atom is 0.249 e. The zero-order valence-electron chi connectivity index (χ0n) is 23.7. The Kier molecular flexibility index (Phi) is 12.3. The summed E-state index contributed by atoms with van der Waals surface area (Å²) in [6, 6.07) is -6.72. The zero-order chi connectivity index (χ0) is 33.6. The Balaban J connectivity index is 1.89. The van der Waals surface area contributed by atoms with Crippen LogP contribution in [0.4, 0.5) is 0 Å². The summed E-state index contributed by atoms with van der Waals surface area (Å²) in [5.74, 6) is -4.02. The van der Waals surface area contributed by atoms with Crippen LogP contribution in [-0.4, -0.2) is 188 Å². The molecule has 0 aromatic carbocycles. The topological polar surface area (TPSA) is 359 Å². The number of aliphatic hydroxyl groups is 7. The number of ether oxygens (including phenoxy) is 1. The van der Waals surface area contributed by atoms with E-state index in [9.17, 15) is 54.9 Å². The molecule has 0 spiro atoms. The fraction of sp³-hybridized carbons (Fsp3) is 0.739. The molecule has 3 heterocycles. The van der Waals surface area contributed by atoms with Crippen LogP contribution in [0.2, 0.25) is 0 Å². The molecule has 3 amide bonds. The molecule has 3 aliphatic rings. The highest BCUT2D eigenvalue weighted by Gasteiger charge is 2.52. The standard InChI is InChI=1S/C23H39N10O12/c24-8(5-35)18(42)31-13(19(43)29-9(6-36)20(44)32(1-2-34)12-4-27-22(25)30-12)14(38)10-3-28-23(26)33(10)21-17(41)16(40)15(39)11(7-37)45-21/h8-17,21,35-41H,1,3-7,24H2,(H2,26,28)(H,29,43)(H,31,42)(H3,25,27,30)/t8-,9-,10?,11+,12?,13+,14?,15+,16-,17-,21-/m0/s1. The van der Waals surface area contributed by atoms with Gasteiger partial charge in [0, 0.05) is 6.54 Å². The molecule has 253 valence electrons. The number of guanidine groups is 2. The number of hydrogen-bond donors (Lipinski definition) is 15. The lowest BCUT2D eigenvalue weighted by Crippen LogP contribution is -2.68. The molecular formula is C23H39N10O12. The highest BCUT2D eigenvalue weighted by Crippen LogP contribution is 2.28. The molecule has 22 heteroatoms. The van der Waals surface area contributed by atoms with E-state index in [1.54, 1.807) is 0 Å². The van der Waals surface area contributed by atoms with Crippen LogP contribution in [0.15, 0.2) is 0 Å². The number of nitrogens with zero attached hydrogens (tertiary/aromatic N) is 2. The van der Waals surface area contributed by atoms with E-state index in [2.05, 4.69) is 26.6 Å². The SMILES string of the molecule is N=C1NCC(N(C[C]=O)C(=O)[C@H](CO)NC(=O)[C@H](NC(=O)[C@@H](N)CO)C(O)C2CNC(=N)N2[C@H]2O[C@H](CO)[C@@H](O)[C@H](O)[C@@H]2O)N1. The summed E-state index contributed by atoms with van der Waals surface area (Å²) in [7, 11) is 0. The summed E-state index contributed by atoms with van der Waals surface area (Å²) < 4.78 is 5.50. The second kappa shape index (κ2) is 15.5. The Morgan fingerprint density at radius 2 is 1.73 bits per heavy atom. The van der Waals surface area contributed by atoms with Crippen LogP contribution in [0.3, 0.4) is 0 Å². The first-order valence-electron chi connectivity index (χ1n) is 13.7. The van der Waals surface area contributed by atoms with Gasteiger partial charge in [0.25, 0.3) is 0 Å². The fourth-order valence-corrected chi connectivity index (χ4v) is 5.06. The normalized spacial score (nSPS) is 30.7. The van der Waals surface area contributed by atoms with E-state index in [4.69, 9.17) is 21.3 Å². The van der Waals surface area contributed by atoms with Gasteiger partial charge in [0.1, 0.15) is 54.8 Å². The van der Waals surface area contributed by atoms with Crippen LogP contribution in [0.5, 0.6) is 0 Å². The number of aliphatic hydroxyl groups excluding tert-OH is 7. The van der Waals surface area contributed by atoms with Gasteiger partial charge < -0.3 is 82.6 Å². The molecular weight excluding hydrogens is 608 g/mol. The van der Waals surface area contributed by atoms with Crippen LogP contribution < -0.4 is 32.3 Å². The van der Waals surface area contributed by atoms with Gasteiger partial charge in [0.2, 0.25) is 24.0 Å². The smallest absolute Gasteiger partial charge is 0.249 e. The Hall–Kier alpha value is -3.74. The third-order valence-corrected chi connectivity index (χ3v) is 7.56. The van der Waals surface area contributed by atoms with Gasteiger partial charge in [-0.2, -0.15) is 0 Å². The number of carbonyl (C=O) groups excluding carboxylic acids is 4. The van der Waals surface area contributed by atoms with Crippen LogP contribution in [-0.2, 0) is 23.9 Å². The molecule has 3 unspecified atom stereocenters. The van der Waals surface area contributed by atoms with Gasteiger partial charge in [-0.15, -0.1) is 0 Å². The highest BCUT2D eigenvalue weighted by atomic mass is 16.6. The fourth-order valence-electron chi connectivity index (χ4n) is 5.06. The van der Waals surface area contributed by atoms with E-state index in [-0.39, 0.29) is 19.0 Å². The van der Waals surface area contributed by atoms with Crippen molar-refractivity contribution < 1.29 is 59.7 Å². The Bertz CT molecular complexity index is 1120. The Labute approximate surface area is 255 Å². The van der Waals surface area contributed by atoms with Gasteiger partial charge in [0.15, 0.2) is 18.1 Å². The largest absolute Gasteiger partial charge is 0.394 e. The lowest BCUT2D eigenvalue weighted by molar-refractivity contribution is -0.260. The van der Waals surface area contributed by atoms with Crippen molar-refractivity contribution in [1.29, 1.82) is 10.8 Å². The summed E-state index contributed by atoms with van der Waals surface area (Å²) in [4.78, 5) is 52.4. The summed E-state index contributed by atoms with van der Waals surface area (Å²) in [5, 5.41) is 99.3. The molecule has 3 fully saturated rings. The van der Waals surface area contributed by atoms with Gasteiger partial charge in [-0.1, -0.05) is 0 Å². The van der Waals surface area contributed by atoms with Crippen molar-refractivity contribution in [3.63, 3.8) is 0 Å². The maximum atomic E-state index is 13.5. The predicted octanol–water partition coefficient (Wildman–Crippen LogP) is -9.97. The molecule has 3 aliphatic heterocycles. The molecule has 0 aliphatic carbocycles. The van der Waals surface area contributed by atoms with Crippen molar-refractivity contribution in [3.8, 4) is 0 Å². The lowest BCUT2D eigenvalue weighted by Gasteiger charge is -2.46. The molecule has 1 radical (unpaired) electrons. The number of hydrogen-bond acceptors (Lipinski definition) is 15. The van der Waals surface area contributed by atoms with Gasteiger partial charge in [-0.3, -0.25) is 30.0 Å². The van der Waals surface area contributed by atoms with E-state index < -0.39 is 117 Å². The van der Waals surface area contributed by atoms with Crippen LogP contribution in [0.25, 0.3) is 0 Å². The van der Waals surface area contributed by atoms with Crippen molar-refractivity contribution in [2.24, 2.45) is 5.73 Å². The monoisotopic (exact) mass is 647 g/mol. The minimum atomic E-state index is -2.02. The predicted molar refractivity (Wildman–Crippen MR) is 147 cm³/mol. The molecule has 22 nitrogen and oxygen atoms in total. The summed E-state index contributed by atoms with van der Waals surface area (Å²) >= 11 is 0. The average molecular weight is 648 g/mol.